The monoisotopic (exact) mass is 459 g/mol. The Morgan fingerprint density at radius 3 is 2.73 bits per heavy atom. The molecule has 170 valence electrons. The fourth-order valence-corrected chi connectivity index (χ4v) is 5.35. The number of thiophene rings is 1. The van der Waals surface area contributed by atoms with Crippen molar-refractivity contribution in [1.29, 1.82) is 0 Å². The Morgan fingerprint density at radius 2 is 1.97 bits per heavy atom. The summed E-state index contributed by atoms with van der Waals surface area (Å²) in [5.74, 6) is 5.42. The molecule has 0 fully saturated rings. The van der Waals surface area contributed by atoms with Crippen LogP contribution in [0.25, 0.3) is 0 Å². The fraction of sp³-hybridized carbons (Fsp3) is 0.321. The molecule has 4 rings (SSSR count). The van der Waals surface area contributed by atoms with Crippen LogP contribution in [0.2, 0.25) is 0 Å². The van der Waals surface area contributed by atoms with E-state index in [0.717, 1.165) is 42.9 Å². The third kappa shape index (κ3) is 6.25. The second-order valence-corrected chi connectivity index (χ2v) is 9.83. The largest absolute Gasteiger partial charge is 0.489 e. The molecule has 1 atom stereocenters. The fourth-order valence-electron chi connectivity index (χ4n) is 4.32. The van der Waals surface area contributed by atoms with Crippen LogP contribution in [0.5, 0.6) is 5.75 Å². The summed E-state index contributed by atoms with van der Waals surface area (Å²) in [4.78, 5) is 16.6. The highest BCUT2D eigenvalue weighted by molar-refractivity contribution is 7.12. The predicted octanol–water partition coefficient (Wildman–Crippen LogP) is 5.78. The Balaban J connectivity index is 1.34. The van der Waals surface area contributed by atoms with Crippen LogP contribution in [0.4, 0.5) is 0 Å². The number of nitrogens with zero attached hydrogens (tertiary/aromatic N) is 1. The first-order chi connectivity index (χ1) is 16.0. The van der Waals surface area contributed by atoms with Crippen LogP contribution in [-0.4, -0.2) is 22.5 Å². The number of hydrogen-bond acceptors (Lipinski definition) is 4. The maximum Gasteiger partial charge on any atom is 0.304 e. The highest BCUT2D eigenvalue weighted by atomic mass is 32.1. The number of carbonyl (C=O) groups is 1. The first-order valence-corrected chi connectivity index (χ1v) is 12.1. The molecule has 1 aliphatic rings. The number of carboxylic acids is 1. The van der Waals surface area contributed by atoms with Crippen molar-refractivity contribution < 1.29 is 14.6 Å². The van der Waals surface area contributed by atoms with Gasteiger partial charge in [-0.1, -0.05) is 42.3 Å². The van der Waals surface area contributed by atoms with Gasteiger partial charge in [0.15, 0.2) is 0 Å². The van der Waals surface area contributed by atoms with Crippen molar-refractivity contribution >= 4 is 17.3 Å². The Bertz CT molecular complexity index is 1170. The summed E-state index contributed by atoms with van der Waals surface area (Å²) < 4.78 is 6.00. The summed E-state index contributed by atoms with van der Waals surface area (Å²) >= 11 is 1.94. The van der Waals surface area contributed by atoms with Crippen LogP contribution in [-0.2, 0) is 30.9 Å². The number of hydrogen-bond donors (Lipinski definition) is 1. The van der Waals surface area contributed by atoms with Gasteiger partial charge in [-0.2, -0.15) is 0 Å². The van der Waals surface area contributed by atoms with Gasteiger partial charge >= 0.3 is 5.97 Å². The van der Waals surface area contributed by atoms with Gasteiger partial charge in [-0.25, -0.2) is 0 Å². The summed E-state index contributed by atoms with van der Waals surface area (Å²) in [6.45, 7) is 7.49. The molecule has 0 unspecified atom stereocenters. The van der Waals surface area contributed by atoms with E-state index in [2.05, 4.69) is 54.0 Å². The molecule has 1 N–H and O–H groups in total. The average molecular weight is 460 g/mol. The number of rotatable bonds is 8. The van der Waals surface area contributed by atoms with E-state index in [0.29, 0.717) is 6.61 Å². The summed E-state index contributed by atoms with van der Waals surface area (Å²) in [7, 11) is 0. The number of carboxylic acid groups (broad SMARTS) is 1. The van der Waals surface area contributed by atoms with E-state index in [9.17, 15) is 4.79 Å². The quantitative estimate of drug-likeness (QED) is 0.434. The zero-order valence-electron chi connectivity index (χ0n) is 19.1. The Labute approximate surface area is 199 Å². The van der Waals surface area contributed by atoms with Crippen molar-refractivity contribution in [2.45, 2.75) is 52.3 Å². The zero-order valence-corrected chi connectivity index (χ0v) is 20.0. The van der Waals surface area contributed by atoms with Crippen molar-refractivity contribution in [1.82, 2.24) is 4.90 Å². The van der Waals surface area contributed by atoms with Crippen LogP contribution in [0.15, 0.2) is 54.6 Å². The molecule has 2 heterocycles. The Hall–Kier alpha value is -3.07. The van der Waals surface area contributed by atoms with E-state index >= 15 is 0 Å². The minimum absolute atomic E-state index is 0.00180. The van der Waals surface area contributed by atoms with Gasteiger partial charge in [0.1, 0.15) is 12.4 Å². The van der Waals surface area contributed by atoms with Gasteiger partial charge in [-0.05, 0) is 60.7 Å². The minimum atomic E-state index is -0.849. The van der Waals surface area contributed by atoms with Gasteiger partial charge < -0.3 is 9.84 Å². The second kappa shape index (κ2) is 10.7. The number of aliphatic carboxylic acids is 1. The molecular formula is C28H29NO3S. The zero-order chi connectivity index (χ0) is 23.2. The molecule has 4 nitrogen and oxygen atoms in total. The molecular weight excluding hydrogens is 430 g/mol. The van der Waals surface area contributed by atoms with E-state index in [1.165, 1.54) is 16.0 Å². The Kier molecular flexibility index (Phi) is 7.49. The lowest BCUT2D eigenvalue weighted by molar-refractivity contribution is -0.137. The summed E-state index contributed by atoms with van der Waals surface area (Å²) in [6, 6.07) is 18.5. The highest BCUT2D eigenvalue weighted by Gasteiger charge is 2.18. The van der Waals surface area contributed by atoms with Gasteiger partial charge in [-0.15, -0.1) is 17.3 Å². The first kappa shape index (κ1) is 23.1. The SMILES string of the molecule is CC#C[C@@H](CC(=O)O)c1ccc(OCc2cccc(CN3CCc4sc(C)cc4C3)c2)cc1. The third-order valence-corrected chi connectivity index (χ3v) is 7.00. The second-order valence-electron chi connectivity index (χ2n) is 8.49. The van der Waals surface area contributed by atoms with Crippen molar-refractivity contribution in [2.24, 2.45) is 0 Å². The molecule has 1 aromatic heterocycles. The molecule has 0 aliphatic carbocycles. The smallest absolute Gasteiger partial charge is 0.304 e. The molecule has 33 heavy (non-hydrogen) atoms. The van der Waals surface area contributed by atoms with Crippen LogP contribution in [0.1, 0.15) is 51.3 Å². The normalized spacial score (nSPS) is 14.1. The summed E-state index contributed by atoms with van der Waals surface area (Å²) in [5, 5.41) is 9.11. The minimum Gasteiger partial charge on any atom is -0.489 e. The van der Waals surface area contributed by atoms with Crippen LogP contribution >= 0.6 is 11.3 Å². The lowest BCUT2D eigenvalue weighted by atomic mass is 9.96. The third-order valence-electron chi connectivity index (χ3n) is 5.85. The maximum absolute atomic E-state index is 11.1. The summed E-state index contributed by atoms with van der Waals surface area (Å²) in [6.07, 6.45) is 1.14. The molecule has 0 radical (unpaired) electrons. The molecule has 5 heteroatoms. The summed E-state index contributed by atoms with van der Waals surface area (Å²) in [5.41, 5.74) is 4.83. The van der Waals surface area contributed by atoms with Crippen molar-refractivity contribution in [3.8, 4) is 17.6 Å². The van der Waals surface area contributed by atoms with Gasteiger partial charge in [0.2, 0.25) is 0 Å². The standard InChI is InChI=1S/C28H29NO3S/c1-3-5-24(16-28(30)31)23-8-10-26(11-9-23)32-19-22-7-4-6-21(15-22)17-29-13-12-27-25(18-29)14-20(2)33-27/h4,6-11,14-15,24H,12-13,16-19H2,1-2H3,(H,30,31)/t24-/m0/s1. The van der Waals surface area contributed by atoms with Crippen LogP contribution in [0.3, 0.4) is 0 Å². The van der Waals surface area contributed by atoms with Gasteiger partial charge in [0.25, 0.3) is 0 Å². The average Bonchev–Trinajstić information content (AvgIpc) is 3.17. The molecule has 0 spiro atoms. The molecule has 0 saturated heterocycles. The van der Waals surface area contributed by atoms with E-state index in [1.807, 2.05) is 35.6 Å². The van der Waals surface area contributed by atoms with E-state index in [1.54, 1.807) is 11.8 Å². The Morgan fingerprint density at radius 1 is 1.18 bits per heavy atom. The molecule has 0 saturated carbocycles. The molecule has 2 aromatic carbocycles. The lowest BCUT2D eigenvalue weighted by Gasteiger charge is -2.27. The van der Waals surface area contributed by atoms with Gasteiger partial charge in [0.05, 0.1) is 12.3 Å². The van der Waals surface area contributed by atoms with Crippen molar-refractivity contribution in [3.63, 3.8) is 0 Å². The molecule has 0 bridgehead atoms. The first-order valence-electron chi connectivity index (χ1n) is 11.3. The maximum atomic E-state index is 11.1. The van der Waals surface area contributed by atoms with Crippen LogP contribution < -0.4 is 4.74 Å². The lowest BCUT2D eigenvalue weighted by Crippen LogP contribution is -2.29. The number of fused-ring (bicyclic) bond motifs is 1. The van der Waals surface area contributed by atoms with Gasteiger partial charge in [0, 0.05) is 29.4 Å². The van der Waals surface area contributed by atoms with Crippen molar-refractivity contribution in [3.05, 3.63) is 86.6 Å². The number of ether oxygens (including phenoxy) is 1. The molecule has 0 amide bonds. The highest BCUT2D eigenvalue weighted by Crippen LogP contribution is 2.28. The van der Waals surface area contributed by atoms with E-state index < -0.39 is 5.97 Å². The van der Waals surface area contributed by atoms with Crippen molar-refractivity contribution in [2.75, 3.05) is 6.54 Å². The topological polar surface area (TPSA) is 49.8 Å². The number of benzene rings is 2. The van der Waals surface area contributed by atoms with Gasteiger partial charge in [-0.3, -0.25) is 9.69 Å². The number of aryl methyl sites for hydroxylation is 1. The van der Waals surface area contributed by atoms with E-state index in [4.69, 9.17) is 9.84 Å². The molecule has 1 aliphatic heterocycles. The van der Waals surface area contributed by atoms with E-state index in [-0.39, 0.29) is 12.3 Å². The van der Waals surface area contributed by atoms with Crippen LogP contribution in [0, 0.1) is 18.8 Å². The predicted molar refractivity (Wildman–Crippen MR) is 133 cm³/mol. The molecule has 3 aromatic rings.